The number of phenolic OH excluding ortho intramolecular Hbond substituents is 1. The van der Waals surface area contributed by atoms with Crippen LogP contribution in [0.3, 0.4) is 0 Å². The van der Waals surface area contributed by atoms with Crippen molar-refractivity contribution in [2.24, 2.45) is 0 Å². The third kappa shape index (κ3) is 3.25. The van der Waals surface area contributed by atoms with E-state index in [1.807, 2.05) is 13.0 Å². The largest absolute Gasteiger partial charge is 0.507 e. The summed E-state index contributed by atoms with van der Waals surface area (Å²) in [4.78, 5) is 38.2. The van der Waals surface area contributed by atoms with Crippen LogP contribution in [0.25, 0.3) is 6.08 Å². The lowest BCUT2D eigenvalue weighted by molar-refractivity contribution is -0.122. The molecular formula is C19H15BrN2O4. The fourth-order valence-corrected chi connectivity index (χ4v) is 3.11. The number of anilines is 1. The Labute approximate surface area is 158 Å². The number of imide groups is 2. The lowest BCUT2D eigenvalue weighted by atomic mass is 10.0. The topological polar surface area (TPSA) is 86.7 Å². The summed E-state index contributed by atoms with van der Waals surface area (Å²) in [5.74, 6) is -1.42. The zero-order chi connectivity index (χ0) is 19.0. The molecule has 0 spiro atoms. The minimum absolute atomic E-state index is 0.0404. The first-order valence-corrected chi connectivity index (χ1v) is 8.54. The number of urea groups is 1. The summed E-state index contributed by atoms with van der Waals surface area (Å²) < 4.78 is 0.429. The summed E-state index contributed by atoms with van der Waals surface area (Å²) in [6, 6.07) is 9.11. The Morgan fingerprint density at radius 1 is 1.08 bits per heavy atom. The molecule has 6 nitrogen and oxygen atoms in total. The average molecular weight is 415 g/mol. The van der Waals surface area contributed by atoms with Crippen molar-refractivity contribution in [2.45, 2.75) is 13.8 Å². The lowest BCUT2D eigenvalue weighted by Crippen LogP contribution is -2.54. The molecule has 0 aliphatic carbocycles. The molecule has 0 bridgehead atoms. The maximum Gasteiger partial charge on any atom is 0.335 e. The Morgan fingerprint density at radius 2 is 1.81 bits per heavy atom. The van der Waals surface area contributed by atoms with E-state index in [1.54, 1.807) is 31.2 Å². The van der Waals surface area contributed by atoms with E-state index in [9.17, 15) is 19.5 Å². The Kier molecular flexibility index (Phi) is 4.65. The summed E-state index contributed by atoms with van der Waals surface area (Å²) in [6.45, 7) is 3.70. The molecule has 2 N–H and O–H groups in total. The van der Waals surface area contributed by atoms with Gasteiger partial charge >= 0.3 is 6.03 Å². The smallest absolute Gasteiger partial charge is 0.335 e. The molecule has 2 aromatic rings. The molecule has 1 fully saturated rings. The molecular weight excluding hydrogens is 400 g/mol. The van der Waals surface area contributed by atoms with Crippen LogP contribution < -0.4 is 10.2 Å². The normalized spacial score (nSPS) is 16.2. The number of phenols is 1. The van der Waals surface area contributed by atoms with Crippen LogP contribution >= 0.6 is 15.9 Å². The average Bonchev–Trinajstić information content (AvgIpc) is 2.56. The third-order valence-corrected chi connectivity index (χ3v) is 4.61. The van der Waals surface area contributed by atoms with E-state index >= 15 is 0 Å². The van der Waals surface area contributed by atoms with Crippen LogP contribution in [-0.4, -0.2) is 23.0 Å². The number of carbonyl (C=O) groups is 3. The molecule has 1 aliphatic heterocycles. The number of benzene rings is 2. The number of amides is 4. The van der Waals surface area contributed by atoms with Gasteiger partial charge in [-0.3, -0.25) is 14.9 Å². The SMILES string of the molecule is Cc1ccc(N2C(=O)NC(=O)C(=Cc3ccc(O)c(Br)c3)C2=O)c(C)c1. The highest BCUT2D eigenvalue weighted by molar-refractivity contribution is 9.10. The number of nitrogens with one attached hydrogen (secondary N) is 1. The van der Waals surface area contributed by atoms with Crippen molar-refractivity contribution in [3.8, 4) is 5.75 Å². The van der Waals surface area contributed by atoms with Gasteiger partial charge in [-0.15, -0.1) is 0 Å². The predicted octanol–water partition coefficient (Wildman–Crippen LogP) is 3.44. The highest BCUT2D eigenvalue weighted by atomic mass is 79.9. The van der Waals surface area contributed by atoms with E-state index < -0.39 is 17.8 Å². The molecule has 1 heterocycles. The number of aryl methyl sites for hydroxylation is 2. The molecule has 0 unspecified atom stereocenters. The van der Waals surface area contributed by atoms with E-state index in [4.69, 9.17) is 0 Å². The number of hydrogen-bond donors (Lipinski definition) is 2. The molecule has 2 aromatic carbocycles. The summed E-state index contributed by atoms with van der Waals surface area (Å²) in [6.07, 6.45) is 1.38. The van der Waals surface area contributed by atoms with E-state index in [0.29, 0.717) is 15.7 Å². The first-order chi connectivity index (χ1) is 12.3. The number of barbiturate groups is 1. The number of nitrogens with zero attached hydrogens (tertiary/aromatic N) is 1. The second-order valence-electron chi connectivity index (χ2n) is 5.96. The van der Waals surface area contributed by atoms with Crippen molar-refractivity contribution in [3.63, 3.8) is 0 Å². The summed E-state index contributed by atoms with van der Waals surface area (Å²) in [5, 5.41) is 11.8. The van der Waals surface area contributed by atoms with Gasteiger partial charge in [-0.25, -0.2) is 9.69 Å². The van der Waals surface area contributed by atoms with Crippen molar-refractivity contribution in [2.75, 3.05) is 4.90 Å². The van der Waals surface area contributed by atoms with E-state index in [-0.39, 0.29) is 11.3 Å². The lowest BCUT2D eigenvalue weighted by Gasteiger charge is -2.27. The van der Waals surface area contributed by atoms with Gasteiger partial charge in [0.15, 0.2) is 0 Å². The predicted molar refractivity (Wildman–Crippen MR) is 101 cm³/mol. The molecule has 4 amide bonds. The molecule has 1 aliphatic rings. The van der Waals surface area contributed by atoms with Crippen molar-refractivity contribution in [3.05, 3.63) is 63.1 Å². The van der Waals surface area contributed by atoms with Crippen molar-refractivity contribution in [1.29, 1.82) is 0 Å². The second-order valence-corrected chi connectivity index (χ2v) is 6.81. The monoisotopic (exact) mass is 414 g/mol. The second kappa shape index (κ2) is 6.76. The molecule has 0 aromatic heterocycles. The van der Waals surface area contributed by atoms with Gasteiger partial charge in [-0.2, -0.15) is 0 Å². The van der Waals surface area contributed by atoms with Crippen LogP contribution in [0.1, 0.15) is 16.7 Å². The Hall–Kier alpha value is -2.93. The number of carbonyl (C=O) groups excluding carboxylic acids is 3. The van der Waals surface area contributed by atoms with E-state index in [0.717, 1.165) is 16.0 Å². The summed E-state index contributed by atoms with van der Waals surface area (Å²) in [5.41, 5.74) is 2.53. The zero-order valence-corrected chi connectivity index (χ0v) is 15.6. The maximum atomic E-state index is 12.9. The first kappa shape index (κ1) is 17.9. The maximum absolute atomic E-state index is 12.9. The highest BCUT2D eigenvalue weighted by Gasteiger charge is 2.37. The Balaban J connectivity index is 2.05. The molecule has 1 saturated heterocycles. The van der Waals surface area contributed by atoms with Gasteiger partial charge in [0.05, 0.1) is 10.2 Å². The number of rotatable bonds is 2. The van der Waals surface area contributed by atoms with E-state index in [1.165, 1.54) is 12.1 Å². The van der Waals surface area contributed by atoms with Crippen LogP contribution in [0, 0.1) is 13.8 Å². The fourth-order valence-electron chi connectivity index (χ4n) is 2.71. The van der Waals surface area contributed by atoms with E-state index in [2.05, 4.69) is 21.2 Å². The van der Waals surface area contributed by atoms with Gasteiger partial charge < -0.3 is 5.11 Å². The van der Waals surface area contributed by atoms with Gasteiger partial charge in [0.2, 0.25) is 0 Å². The van der Waals surface area contributed by atoms with Crippen LogP contribution in [-0.2, 0) is 9.59 Å². The Bertz CT molecular complexity index is 981. The quantitative estimate of drug-likeness (QED) is 0.581. The van der Waals surface area contributed by atoms with Gasteiger partial charge in [0.1, 0.15) is 11.3 Å². The Morgan fingerprint density at radius 3 is 2.46 bits per heavy atom. The molecule has 3 rings (SSSR count). The minimum atomic E-state index is -0.781. The van der Waals surface area contributed by atoms with Gasteiger partial charge in [-0.1, -0.05) is 23.8 Å². The standard InChI is InChI=1S/C19H15BrN2O4/c1-10-3-5-15(11(2)7-10)22-18(25)13(17(24)21-19(22)26)8-12-4-6-16(23)14(20)9-12/h3-9,23H,1-2H3,(H,21,24,26). The number of aromatic hydroxyl groups is 1. The van der Waals surface area contributed by atoms with Crippen molar-refractivity contribution < 1.29 is 19.5 Å². The first-order valence-electron chi connectivity index (χ1n) is 7.75. The number of halogens is 1. The molecule has 0 radical (unpaired) electrons. The fraction of sp³-hybridized carbons (Fsp3) is 0.105. The van der Waals surface area contributed by atoms with Crippen LogP contribution in [0.2, 0.25) is 0 Å². The molecule has 0 atom stereocenters. The van der Waals surface area contributed by atoms with Gasteiger partial charge in [0, 0.05) is 0 Å². The molecule has 7 heteroatoms. The number of hydrogen-bond acceptors (Lipinski definition) is 4. The minimum Gasteiger partial charge on any atom is -0.507 e. The van der Waals surface area contributed by atoms with Gasteiger partial charge in [0.25, 0.3) is 11.8 Å². The summed E-state index contributed by atoms with van der Waals surface area (Å²) >= 11 is 3.19. The molecule has 0 saturated carbocycles. The van der Waals surface area contributed by atoms with Crippen LogP contribution in [0.5, 0.6) is 5.75 Å². The molecule has 132 valence electrons. The molecule has 26 heavy (non-hydrogen) atoms. The highest BCUT2D eigenvalue weighted by Crippen LogP contribution is 2.28. The van der Waals surface area contributed by atoms with Gasteiger partial charge in [-0.05, 0) is 65.2 Å². The van der Waals surface area contributed by atoms with Crippen LogP contribution in [0.4, 0.5) is 10.5 Å². The van der Waals surface area contributed by atoms with Crippen LogP contribution in [0.15, 0.2) is 46.4 Å². The third-order valence-electron chi connectivity index (χ3n) is 3.98. The zero-order valence-electron chi connectivity index (χ0n) is 14.0. The van der Waals surface area contributed by atoms with Crippen molar-refractivity contribution >= 4 is 45.5 Å². The summed E-state index contributed by atoms with van der Waals surface area (Å²) in [7, 11) is 0. The van der Waals surface area contributed by atoms with Crippen molar-refractivity contribution in [1.82, 2.24) is 5.32 Å².